The monoisotopic (exact) mass is 459 g/mol. The Morgan fingerprint density at radius 1 is 1.13 bits per heavy atom. The third-order valence-corrected chi connectivity index (χ3v) is 7.37. The Kier molecular flexibility index (Phi) is 6.33. The molecule has 31 heavy (non-hydrogen) atoms. The molecule has 0 atom stereocenters. The van der Waals surface area contributed by atoms with Crippen molar-refractivity contribution >= 4 is 21.8 Å². The number of ether oxygens (including phenoxy) is 1. The number of hydrogen-bond acceptors (Lipinski definition) is 7. The lowest BCUT2D eigenvalue weighted by atomic mass is 10.2. The van der Waals surface area contributed by atoms with Crippen molar-refractivity contribution in [2.75, 3.05) is 32.1 Å². The minimum atomic E-state index is -3.68. The van der Waals surface area contributed by atoms with Crippen LogP contribution in [0, 0.1) is 17.1 Å². The highest BCUT2D eigenvalue weighted by molar-refractivity contribution is 7.99. The van der Waals surface area contributed by atoms with E-state index in [0.717, 1.165) is 0 Å². The summed E-state index contributed by atoms with van der Waals surface area (Å²) < 4.78 is 47.9. The zero-order valence-corrected chi connectivity index (χ0v) is 17.9. The Balaban J connectivity index is 1.78. The SMILES string of the molecule is N#CCSc1nnc(-c2cccc(S(=O)(=O)N3CCOCC3)c2)n1-c1ccc(F)cc1. The molecule has 0 radical (unpaired) electrons. The van der Waals surface area contributed by atoms with Gasteiger partial charge in [-0.2, -0.15) is 9.57 Å². The van der Waals surface area contributed by atoms with Crippen LogP contribution in [0.3, 0.4) is 0 Å². The van der Waals surface area contributed by atoms with Crippen LogP contribution in [0.5, 0.6) is 0 Å². The van der Waals surface area contributed by atoms with Gasteiger partial charge in [0.1, 0.15) is 5.82 Å². The molecule has 0 saturated carbocycles. The van der Waals surface area contributed by atoms with Gasteiger partial charge in [-0.25, -0.2) is 12.8 Å². The van der Waals surface area contributed by atoms with E-state index in [4.69, 9.17) is 10.00 Å². The van der Waals surface area contributed by atoms with Gasteiger partial charge in [-0.15, -0.1) is 10.2 Å². The Morgan fingerprint density at radius 3 is 2.58 bits per heavy atom. The highest BCUT2D eigenvalue weighted by Crippen LogP contribution is 2.30. The normalized spacial score (nSPS) is 15.0. The van der Waals surface area contributed by atoms with Gasteiger partial charge in [0.2, 0.25) is 10.0 Å². The second-order valence-corrected chi connectivity index (χ2v) is 9.49. The average molecular weight is 460 g/mol. The fourth-order valence-electron chi connectivity index (χ4n) is 3.20. The number of nitriles is 1. The molecule has 0 unspecified atom stereocenters. The van der Waals surface area contributed by atoms with E-state index >= 15 is 0 Å². The summed E-state index contributed by atoms with van der Waals surface area (Å²) >= 11 is 1.19. The van der Waals surface area contributed by atoms with Crippen molar-refractivity contribution in [1.29, 1.82) is 5.26 Å². The fraction of sp³-hybridized carbons (Fsp3) is 0.250. The first-order chi connectivity index (χ1) is 15.0. The number of nitrogens with zero attached hydrogens (tertiary/aromatic N) is 5. The molecule has 3 aromatic rings. The smallest absolute Gasteiger partial charge is 0.243 e. The lowest BCUT2D eigenvalue weighted by molar-refractivity contribution is 0.0730. The van der Waals surface area contributed by atoms with Crippen molar-refractivity contribution in [3.05, 3.63) is 54.3 Å². The summed E-state index contributed by atoms with van der Waals surface area (Å²) in [4.78, 5) is 0.145. The maximum atomic E-state index is 13.4. The van der Waals surface area contributed by atoms with Crippen LogP contribution in [0.1, 0.15) is 0 Å². The second-order valence-electron chi connectivity index (χ2n) is 6.61. The van der Waals surface area contributed by atoms with E-state index < -0.39 is 10.0 Å². The predicted octanol–water partition coefficient (Wildman–Crippen LogP) is 2.71. The molecule has 1 aliphatic heterocycles. The van der Waals surface area contributed by atoms with E-state index in [1.807, 2.05) is 6.07 Å². The molecule has 1 fully saturated rings. The van der Waals surface area contributed by atoms with Gasteiger partial charge in [-0.05, 0) is 36.4 Å². The first kappa shape index (κ1) is 21.5. The molecule has 0 amide bonds. The lowest BCUT2D eigenvalue weighted by Crippen LogP contribution is -2.40. The molecule has 0 N–H and O–H groups in total. The van der Waals surface area contributed by atoms with E-state index in [0.29, 0.717) is 48.5 Å². The van der Waals surface area contributed by atoms with E-state index in [9.17, 15) is 12.8 Å². The third-order valence-electron chi connectivity index (χ3n) is 4.68. The van der Waals surface area contributed by atoms with Crippen molar-refractivity contribution in [2.24, 2.45) is 0 Å². The number of aromatic nitrogens is 3. The Hall–Kier alpha value is -2.78. The number of benzene rings is 2. The minimum absolute atomic E-state index is 0.145. The second kappa shape index (κ2) is 9.15. The van der Waals surface area contributed by atoms with Crippen LogP contribution >= 0.6 is 11.8 Å². The van der Waals surface area contributed by atoms with Gasteiger partial charge >= 0.3 is 0 Å². The summed E-state index contributed by atoms with van der Waals surface area (Å²) in [5.41, 5.74) is 1.14. The summed E-state index contributed by atoms with van der Waals surface area (Å²) in [5.74, 6) is 0.166. The van der Waals surface area contributed by atoms with Crippen LogP contribution in [0.15, 0.2) is 58.6 Å². The molecule has 8 nitrogen and oxygen atoms in total. The van der Waals surface area contributed by atoms with Crippen molar-refractivity contribution in [3.63, 3.8) is 0 Å². The largest absolute Gasteiger partial charge is 0.379 e. The molecule has 0 aliphatic carbocycles. The molecule has 160 valence electrons. The van der Waals surface area contributed by atoms with Crippen LogP contribution in [0.25, 0.3) is 17.1 Å². The van der Waals surface area contributed by atoms with Crippen LogP contribution in [-0.4, -0.2) is 59.5 Å². The number of hydrogen-bond donors (Lipinski definition) is 0. The van der Waals surface area contributed by atoms with Crippen molar-refractivity contribution in [1.82, 2.24) is 19.1 Å². The number of sulfonamides is 1. The van der Waals surface area contributed by atoms with E-state index in [-0.39, 0.29) is 16.5 Å². The van der Waals surface area contributed by atoms with Crippen LogP contribution in [0.4, 0.5) is 4.39 Å². The first-order valence-corrected chi connectivity index (χ1v) is 11.8. The fourth-order valence-corrected chi connectivity index (χ4v) is 5.27. The maximum Gasteiger partial charge on any atom is 0.243 e. The summed E-state index contributed by atoms with van der Waals surface area (Å²) in [6, 6.07) is 14.3. The highest BCUT2D eigenvalue weighted by atomic mass is 32.2. The van der Waals surface area contributed by atoms with Gasteiger partial charge in [-0.3, -0.25) is 4.57 Å². The maximum absolute atomic E-state index is 13.4. The Morgan fingerprint density at radius 2 is 1.87 bits per heavy atom. The molecule has 4 rings (SSSR count). The average Bonchev–Trinajstić information content (AvgIpc) is 3.23. The molecular formula is C20H18FN5O3S2. The Labute approximate surface area is 183 Å². The zero-order valence-electron chi connectivity index (χ0n) is 16.3. The summed E-state index contributed by atoms with van der Waals surface area (Å²) in [7, 11) is -3.68. The van der Waals surface area contributed by atoms with Gasteiger partial charge in [0.15, 0.2) is 11.0 Å². The van der Waals surface area contributed by atoms with Crippen molar-refractivity contribution in [3.8, 4) is 23.1 Å². The van der Waals surface area contributed by atoms with Crippen LogP contribution in [-0.2, 0) is 14.8 Å². The van der Waals surface area contributed by atoms with Gasteiger partial charge < -0.3 is 4.74 Å². The quantitative estimate of drug-likeness (QED) is 0.523. The van der Waals surface area contributed by atoms with Gasteiger partial charge in [0.25, 0.3) is 0 Å². The molecule has 1 aromatic heterocycles. The van der Waals surface area contributed by atoms with E-state index in [1.165, 1.54) is 34.3 Å². The molecule has 11 heteroatoms. The van der Waals surface area contributed by atoms with Gasteiger partial charge in [0, 0.05) is 24.3 Å². The van der Waals surface area contributed by atoms with Gasteiger partial charge in [-0.1, -0.05) is 23.9 Å². The zero-order chi connectivity index (χ0) is 21.8. The van der Waals surface area contributed by atoms with Gasteiger partial charge in [0.05, 0.1) is 29.9 Å². The van der Waals surface area contributed by atoms with E-state index in [1.54, 1.807) is 34.9 Å². The standard InChI is InChI=1S/C20H18FN5O3S2/c21-16-4-6-17(7-5-16)26-19(23-24-20(26)30-13-8-22)15-2-1-3-18(14-15)31(27,28)25-9-11-29-12-10-25/h1-7,14H,9-13H2. The molecular weight excluding hydrogens is 441 g/mol. The molecule has 0 spiro atoms. The van der Waals surface area contributed by atoms with Crippen LogP contribution in [0.2, 0.25) is 0 Å². The number of halogens is 1. The number of thioether (sulfide) groups is 1. The summed E-state index contributed by atoms with van der Waals surface area (Å²) in [5, 5.41) is 17.8. The topological polar surface area (TPSA) is 101 Å². The van der Waals surface area contributed by atoms with Crippen LogP contribution < -0.4 is 0 Å². The summed E-state index contributed by atoms with van der Waals surface area (Å²) in [6.07, 6.45) is 0. The lowest BCUT2D eigenvalue weighted by Gasteiger charge is -2.26. The Bertz CT molecular complexity index is 1220. The van der Waals surface area contributed by atoms with Crippen molar-refractivity contribution in [2.45, 2.75) is 10.1 Å². The molecule has 1 aliphatic rings. The molecule has 0 bridgehead atoms. The first-order valence-electron chi connectivity index (χ1n) is 9.40. The third kappa shape index (κ3) is 4.47. The molecule has 2 aromatic carbocycles. The number of rotatable bonds is 6. The molecule has 2 heterocycles. The minimum Gasteiger partial charge on any atom is -0.379 e. The predicted molar refractivity (Wildman–Crippen MR) is 113 cm³/mol. The highest BCUT2D eigenvalue weighted by Gasteiger charge is 2.27. The van der Waals surface area contributed by atoms with Crippen molar-refractivity contribution < 1.29 is 17.5 Å². The number of morpholine rings is 1. The molecule has 1 saturated heterocycles. The summed E-state index contributed by atoms with van der Waals surface area (Å²) in [6.45, 7) is 1.31. The van der Waals surface area contributed by atoms with E-state index in [2.05, 4.69) is 10.2 Å².